The lowest BCUT2D eigenvalue weighted by molar-refractivity contribution is 0.0428. The van der Waals surface area contributed by atoms with Gasteiger partial charge in [0.2, 0.25) is 0 Å². The van der Waals surface area contributed by atoms with Crippen molar-refractivity contribution in [1.82, 2.24) is 0 Å². The van der Waals surface area contributed by atoms with E-state index >= 15 is 0 Å². The predicted molar refractivity (Wildman–Crippen MR) is 93.5 cm³/mol. The maximum atomic E-state index is 9.93. The van der Waals surface area contributed by atoms with Crippen LogP contribution in [-0.4, -0.2) is 17.9 Å². The van der Waals surface area contributed by atoms with Gasteiger partial charge in [-0.15, -0.1) is 0 Å². The fourth-order valence-corrected chi connectivity index (χ4v) is 5.91. The summed E-state index contributed by atoms with van der Waals surface area (Å²) in [6.45, 7) is 0.947. The third-order valence-corrected chi connectivity index (χ3v) is 6.62. The van der Waals surface area contributed by atoms with Gasteiger partial charge in [0, 0.05) is 22.8 Å². The summed E-state index contributed by atoms with van der Waals surface area (Å²) >= 11 is 3.46. The van der Waals surface area contributed by atoms with Crippen molar-refractivity contribution in [3.63, 3.8) is 0 Å². The smallest absolute Gasteiger partial charge is 0.124 e. The molecule has 1 N–H and O–H groups in total. The lowest BCUT2D eigenvalue weighted by atomic mass is 9.58. The summed E-state index contributed by atoms with van der Waals surface area (Å²) < 4.78 is 0.985. The van der Waals surface area contributed by atoms with E-state index in [1.165, 1.54) is 44.9 Å². The number of hydrogen-bond acceptors (Lipinski definition) is 2. The van der Waals surface area contributed by atoms with Crippen LogP contribution in [0.2, 0.25) is 0 Å². The van der Waals surface area contributed by atoms with E-state index in [2.05, 4.69) is 15.9 Å². The number of halogens is 1. The van der Waals surface area contributed by atoms with Crippen molar-refractivity contribution in [2.45, 2.75) is 44.9 Å². The molecule has 2 unspecified atom stereocenters. The minimum Gasteiger partial charge on any atom is -0.507 e. The van der Waals surface area contributed by atoms with Crippen molar-refractivity contribution in [3.05, 3.63) is 28.2 Å². The van der Waals surface area contributed by atoms with Crippen molar-refractivity contribution < 1.29 is 5.11 Å². The average Bonchev–Trinajstić information content (AvgIpc) is 2.68. The first-order chi connectivity index (χ1) is 10.6. The van der Waals surface area contributed by atoms with Crippen molar-refractivity contribution in [2.75, 3.05) is 6.54 Å². The van der Waals surface area contributed by atoms with Gasteiger partial charge in [0.05, 0.1) is 0 Å². The summed E-state index contributed by atoms with van der Waals surface area (Å²) in [5.41, 5.74) is 1.28. The lowest BCUT2D eigenvalue weighted by Gasteiger charge is -2.47. The van der Waals surface area contributed by atoms with Gasteiger partial charge >= 0.3 is 0 Å². The Morgan fingerprint density at radius 3 is 2.55 bits per heavy atom. The molecule has 4 atom stereocenters. The first kappa shape index (κ1) is 14.7. The number of nitrogens with zero attached hydrogens (tertiary/aromatic N) is 1. The minimum absolute atomic E-state index is 0.315. The summed E-state index contributed by atoms with van der Waals surface area (Å²) in [5.74, 6) is 3.20. The van der Waals surface area contributed by atoms with Crippen molar-refractivity contribution in [2.24, 2.45) is 28.2 Å². The van der Waals surface area contributed by atoms with E-state index < -0.39 is 0 Å². The van der Waals surface area contributed by atoms with Crippen molar-refractivity contribution in [1.29, 1.82) is 0 Å². The van der Waals surface area contributed by atoms with Crippen LogP contribution in [0.4, 0.5) is 0 Å². The van der Waals surface area contributed by atoms with Gasteiger partial charge in [-0.05, 0) is 73.5 Å². The molecule has 0 aliphatic heterocycles. The van der Waals surface area contributed by atoms with Gasteiger partial charge in [-0.25, -0.2) is 0 Å². The summed E-state index contributed by atoms with van der Waals surface area (Å²) in [7, 11) is 0. The van der Waals surface area contributed by atoms with E-state index in [1.807, 2.05) is 18.3 Å². The molecule has 0 amide bonds. The van der Waals surface area contributed by atoms with E-state index in [9.17, 15) is 5.11 Å². The zero-order valence-corrected chi connectivity index (χ0v) is 14.6. The molecular formula is C19H24BrNO. The van der Waals surface area contributed by atoms with E-state index in [1.54, 1.807) is 6.07 Å². The van der Waals surface area contributed by atoms with Crippen LogP contribution in [0, 0.1) is 23.2 Å². The Labute approximate surface area is 141 Å². The molecule has 0 radical (unpaired) electrons. The summed E-state index contributed by atoms with van der Waals surface area (Å²) in [6, 6.07) is 5.52. The molecule has 4 fully saturated rings. The molecule has 4 bridgehead atoms. The Morgan fingerprint density at radius 1 is 1.14 bits per heavy atom. The SMILES string of the molecule is Oc1ccc(Br)cc1C=NCC12CC3C[C@@H](CC[C@@H](C3)C1)C2. The van der Waals surface area contributed by atoms with Crippen molar-refractivity contribution in [3.8, 4) is 5.75 Å². The van der Waals surface area contributed by atoms with Crippen LogP contribution < -0.4 is 0 Å². The van der Waals surface area contributed by atoms with E-state index in [0.29, 0.717) is 11.2 Å². The molecule has 2 nitrogen and oxygen atoms in total. The van der Waals surface area contributed by atoms with Crippen LogP contribution in [0.3, 0.4) is 0 Å². The van der Waals surface area contributed by atoms with Crippen LogP contribution in [0.1, 0.15) is 50.5 Å². The third kappa shape index (κ3) is 2.84. The Balaban J connectivity index is 1.51. The Bertz CT molecular complexity index is 581. The monoisotopic (exact) mass is 361 g/mol. The molecule has 4 aliphatic rings. The molecule has 5 rings (SSSR count). The van der Waals surface area contributed by atoms with E-state index in [-0.39, 0.29) is 0 Å². The second-order valence-electron chi connectivity index (χ2n) is 7.93. The van der Waals surface area contributed by atoms with E-state index in [0.717, 1.165) is 34.3 Å². The van der Waals surface area contributed by atoms with Crippen LogP contribution >= 0.6 is 15.9 Å². The lowest BCUT2D eigenvalue weighted by Crippen LogP contribution is -2.39. The summed E-state index contributed by atoms with van der Waals surface area (Å²) in [4.78, 5) is 4.77. The predicted octanol–water partition coefficient (Wildman–Crippen LogP) is 5.18. The average molecular weight is 362 g/mol. The number of aromatic hydroxyl groups is 1. The quantitative estimate of drug-likeness (QED) is 0.739. The maximum absolute atomic E-state index is 9.93. The molecule has 0 spiro atoms. The van der Waals surface area contributed by atoms with Gasteiger partial charge in [0.25, 0.3) is 0 Å². The Morgan fingerprint density at radius 2 is 1.82 bits per heavy atom. The van der Waals surface area contributed by atoms with Gasteiger partial charge < -0.3 is 5.11 Å². The number of aliphatic imine (C=N–C) groups is 1. The highest BCUT2D eigenvalue weighted by Gasteiger charge is 2.48. The molecule has 4 saturated carbocycles. The molecule has 22 heavy (non-hydrogen) atoms. The first-order valence-corrected chi connectivity index (χ1v) is 9.40. The van der Waals surface area contributed by atoms with Gasteiger partial charge in [0.1, 0.15) is 5.75 Å². The fraction of sp³-hybridized carbons (Fsp3) is 0.632. The highest BCUT2D eigenvalue weighted by Crippen LogP contribution is 2.57. The molecule has 1 aromatic carbocycles. The number of phenolic OH excluding ortho intramolecular Hbond substituents is 1. The normalized spacial score (nSPS) is 36.9. The van der Waals surface area contributed by atoms with E-state index in [4.69, 9.17) is 4.99 Å². The van der Waals surface area contributed by atoms with Crippen LogP contribution in [0.5, 0.6) is 5.75 Å². The second-order valence-corrected chi connectivity index (χ2v) is 8.85. The third-order valence-electron chi connectivity index (χ3n) is 6.13. The highest BCUT2D eigenvalue weighted by molar-refractivity contribution is 9.10. The van der Waals surface area contributed by atoms with Gasteiger partial charge in [0.15, 0.2) is 0 Å². The highest BCUT2D eigenvalue weighted by atomic mass is 79.9. The number of hydrogen-bond donors (Lipinski definition) is 1. The number of benzene rings is 1. The molecule has 0 aromatic heterocycles. The summed E-state index contributed by atoms with van der Waals surface area (Å²) in [5, 5.41) is 9.93. The second kappa shape index (κ2) is 5.67. The minimum atomic E-state index is 0.315. The van der Waals surface area contributed by atoms with Crippen LogP contribution in [0.15, 0.2) is 27.7 Å². The molecule has 0 saturated heterocycles. The van der Waals surface area contributed by atoms with Crippen LogP contribution in [0.25, 0.3) is 0 Å². The van der Waals surface area contributed by atoms with Gasteiger partial charge in [-0.1, -0.05) is 28.8 Å². The molecular weight excluding hydrogens is 338 g/mol. The number of rotatable bonds is 3. The topological polar surface area (TPSA) is 32.6 Å². The Kier molecular flexibility index (Phi) is 3.80. The maximum Gasteiger partial charge on any atom is 0.124 e. The Hall–Kier alpha value is -0.830. The largest absolute Gasteiger partial charge is 0.507 e. The molecule has 4 aliphatic carbocycles. The van der Waals surface area contributed by atoms with Gasteiger partial charge in [-0.3, -0.25) is 4.99 Å². The zero-order valence-electron chi connectivity index (χ0n) is 13.0. The standard InChI is InChI=1S/C19H24BrNO/c20-17-3-4-18(22)16(7-17)11-21-12-19-8-13-1-2-14(9-19)6-15(5-13)10-19/h3-4,7,11,13-15,22H,1-2,5-6,8-10,12H2/t13-,14+,15?,19?. The molecule has 1 aromatic rings. The number of phenols is 1. The van der Waals surface area contributed by atoms with Crippen LogP contribution in [-0.2, 0) is 0 Å². The zero-order chi connectivity index (χ0) is 15.2. The fourth-order valence-electron chi connectivity index (χ4n) is 5.53. The van der Waals surface area contributed by atoms with Crippen molar-refractivity contribution >= 4 is 22.1 Å². The molecule has 118 valence electrons. The van der Waals surface area contributed by atoms with Gasteiger partial charge in [-0.2, -0.15) is 0 Å². The molecule has 0 heterocycles. The summed E-state index contributed by atoms with van der Waals surface area (Å²) in [6.07, 6.45) is 11.9. The first-order valence-electron chi connectivity index (χ1n) is 8.60. The number of fused-ring (bicyclic) bond motifs is 1. The molecule has 3 heteroatoms.